The zero-order valence-corrected chi connectivity index (χ0v) is 14.9. The third-order valence-electron chi connectivity index (χ3n) is 4.03. The number of nitrogens with zero attached hydrogens (tertiary/aromatic N) is 4. The molecule has 0 radical (unpaired) electrons. The Kier molecular flexibility index (Phi) is 6.21. The number of hydrogen-bond donors (Lipinski definition) is 1. The van der Waals surface area contributed by atoms with Gasteiger partial charge in [0.05, 0.1) is 7.11 Å². The topological polar surface area (TPSA) is 99.0 Å². The molecule has 1 amide bonds. The molecule has 1 aromatic heterocycles. The molecule has 2 unspecified atom stereocenters. The van der Waals surface area contributed by atoms with Crippen molar-refractivity contribution in [2.45, 2.75) is 39.8 Å². The molecule has 0 aliphatic carbocycles. The van der Waals surface area contributed by atoms with E-state index in [9.17, 15) is 9.59 Å². The summed E-state index contributed by atoms with van der Waals surface area (Å²) in [4.78, 5) is 25.2. The van der Waals surface area contributed by atoms with Gasteiger partial charge in [0.2, 0.25) is 11.7 Å². The number of aryl methyl sites for hydroxylation is 1. The number of hydrogen-bond acceptors (Lipinski definition) is 6. The highest BCUT2D eigenvalue weighted by Crippen LogP contribution is 2.14. The minimum absolute atomic E-state index is 0.0387. The summed E-state index contributed by atoms with van der Waals surface area (Å²) in [5.41, 5.74) is 1.96. The molecule has 0 fully saturated rings. The van der Waals surface area contributed by atoms with Gasteiger partial charge >= 0.3 is 5.97 Å². The predicted octanol–water partition coefficient (Wildman–Crippen LogP) is 1.35. The van der Waals surface area contributed by atoms with Gasteiger partial charge in [0.25, 0.3) is 0 Å². The Balaban J connectivity index is 2.03. The lowest BCUT2D eigenvalue weighted by Crippen LogP contribution is -2.46. The monoisotopic (exact) mass is 345 g/mol. The molecule has 2 rings (SSSR count). The summed E-state index contributed by atoms with van der Waals surface area (Å²) in [5, 5.41) is 14.7. The average molecular weight is 345 g/mol. The van der Waals surface area contributed by atoms with Crippen LogP contribution in [-0.2, 0) is 20.9 Å². The van der Waals surface area contributed by atoms with Gasteiger partial charge in [-0.25, -0.2) is 4.79 Å². The second-order valence-corrected chi connectivity index (χ2v) is 5.96. The highest BCUT2D eigenvalue weighted by molar-refractivity contribution is 5.84. The number of methoxy groups -OCH3 is 1. The van der Waals surface area contributed by atoms with Crippen LogP contribution in [-0.4, -0.2) is 45.2 Å². The van der Waals surface area contributed by atoms with E-state index >= 15 is 0 Å². The van der Waals surface area contributed by atoms with Crippen molar-refractivity contribution < 1.29 is 14.3 Å². The van der Waals surface area contributed by atoms with Gasteiger partial charge in [-0.15, -0.1) is 10.2 Å². The fourth-order valence-electron chi connectivity index (χ4n) is 2.27. The van der Waals surface area contributed by atoms with Crippen molar-refractivity contribution in [2.75, 3.05) is 7.11 Å². The molecular weight excluding hydrogens is 322 g/mol. The molecule has 2 atom stereocenters. The van der Waals surface area contributed by atoms with Crippen LogP contribution in [0.1, 0.15) is 25.8 Å². The summed E-state index contributed by atoms with van der Waals surface area (Å²) in [5.74, 6) is -0.430. The quantitative estimate of drug-likeness (QED) is 0.761. The summed E-state index contributed by atoms with van der Waals surface area (Å²) >= 11 is 0. The number of carbonyl (C=O) groups excluding carboxylic acids is 2. The van der Waals surface area contributed by atoms with E-state index in [0.717, 1.165) is 17.5 Å². The molecule has 25 heavy (non-hydrogen) atoms. The average Bonchev–Trinajstić information content (AvgIpc) is 3.07. The van der Waals surface area contributed by atoms with Gasteiger partial charge in [0.1, 0.15) is 12.6 Å². The van der Waals surface area contributed by atoms with E-state index in [2.05, 4.69) is 20.7 Å². The van der Waals surface area contributed by atoms with Crippen LogP contribution >= 0.6 is 0 Å². The van der Waals surface area contributed by atoms with Gasteiger partial charge in [-0.2, -0.15) is 4.80 Å². The van der Waals surface area contributed by atoms with E-state index in [1.54, 1.807) is 0 Å². The first-order chi connectivity index (χ1) is 11.9. The molecule has 2 aromatic rings. The van der Waals surface area contributed by atoms with Crippen LogP contribution in [0.25, 0.3) is 11.4 Å². The summed E-state index contributed by atoms with van der Waals surface area (Å²) in [6.07, 6.45) is 0.735. The summed E-state index contributed by atoms with van der Waals surface area (Å²) in [6.45, 7) is 5.70. The van der Waals surface area contributed by atoms with Crippen molar-refractivity contribution in [3.8, 4) is 11.4 Å². The summed E-state index contributed by atoms with van der Waals surface area (Å²) < 4.78 is 4.75. The molecule has 1 heterocycles. The fraction of sp³-hybridized carbons (Fsp3) is 0.471. The van der Waals surface area contributed by atoms with Crippen molar-refractivity contribution in [2.24, 2.45) is 5.92 Å². The van der Waals surface area contributed by atoms with Gasteiger partial charge in [-0.05, 0) is 18.1 Å². The smallest absolute Gasteiger partial charge is 0.328 e. The van der Waals surface area contributed by atoms with Gasteiger partial charge in [0, 0.05) is 5.56 Å². The van der Waals surface area contributed by atoms with Crippen molar-refractivity contribution in [1.29, 1.82) is 0 Å². The zero-order valence-electron chi connectivity index (χ0n) is 14.9. The first-order valence-corrected chi connectivity index (χ1v) is 8.16. The maximum Gasteiger partial charge on any atom is 0.328 e. The molecular formula is C17H23N5O3. The number of nitrogens with one attached hydrogen (secondary N) is 1. The molecule has 8 nitrogen and oxygen atoms in total. The Morgan fingerprint density at radius 1 is 1.28 bits per heavy atom. The summed E-state index contributed by atoms with van der Waals surface area (Å²) in [7, 11) is 1.30. The van der Waals surface area contributed by atoms with Crippen molar-refractivity contribution in [3.63, 3.8) is 0 Å². The first-order valence-electron chi connectivity index (χ1n) is 8.16. The third-order valence-corrected chi connectivity index (χ3v) is 4.03. The van der Waals surface area contributed by atoms with Crippen LogP contribution in [0.3, 0.4) is 0 Å². The Morgan fingerprint density at radius 2 is 1.96 bits per heavy atom. The van der Waals surface area contributed by atoms with E-state index in [1.165, 1.54) is 11.9 Å². The number of carbonyl (C=O) groups is 2. The first kappa shape index (κ1) is 18.6. The summed E-state index contributed by atoms with van der Waals surface area (Å²) in [6, 6.07) is 7.01. The lowest BCUT2D eigenvalue weighted by atomic mass is 9.99. The number of amides is 1. The Labute approximate surface area is 146 Å². The molecule has 134 valence electrons. The number of tetrazole rings is 1. The van der Waals surface area contributed by atoms with Crippen molar-refractivity contribution in [1.82, 2.24) is 25.5 Å². The fourth-order valence-corrected chi connectivity index (χ4v) is 2.27. The van der Waals surface area contributed by atoms with E-state index in [1.807, 2.05) is 45.0 Å². The van der Waals surface area contributed by atoms with Crippen LogP contribution < -0.4 is 5.32 Å². The number of benzene rings is 1. The number of aromatic nitrogens is 4. The van der Waals surface area contributed by atoms with E-state index < -0.39 is 12.0 Å². The Hall–Kier alpha value is -2.77. The number of esters is 1. The largest absolute Gasteiger partial charge is 0.467 e. The molecule has 0 aliphatic heterocycles. The highest BCUT2D eigenvalue weighted by atomic mass is 16.5. The minimum atomic E-state index is -0.692. The second-order valence-electron chi connectivity index (χ2n) is 5.96. The van der Waals surface area contributed by atoms with Crippen LogP contribution in [0.2, 0.25) is 0 Å². The SMILES string of the molecule is CCC(C)C(NC(=O)Cn1nnc(-c2ccc(C)cc2)n1)C(=O)OC. The van der Waals surface area contributed by atoms with Crippen LogP contribution in [0.15, 0.2) is 24.3 Å². The van der Waals surface area contributed by atoms with Crippen LogP contribution in [0.4, 0.5) is 0 Å². The van der Waals surface area contributed by atoms with E-state index in [4.69, 9.17) is 4.74 Å². The molecule has 0 aliphatic rings. The molecule has 0 saturated heterocycles. The second kappa shape index (κ2) is 8.36. The Morgan fingerprint density at radius 3 is 2.56 bits per heavy atom. The maximum atomic E-state index is 12.2. The maximum absolute atomic E-state index is 12.2. The van der Waals surface area contributed by atoms with Crippen molar-refractivity contribution in [3.05, 3.63) is 29.8 Å². The van der Waals surface area contributed by atoms with E-state index in [-0.39, 0.29) is 18.4 Å². The molecule has 0 saturated carbocycles. The molecule has 0 bridgehead atoms. The number of rotatable bonds is 7. The molecule has 1 N–H and O–H groups in total. The third kappa shape index (κ3) is 4.85. The zero-order chi connectivity index (χ0) is 18.4. The highest BCUT2D eigenvalue weighted by Gasteiger charge is 2.26. The van der Waals surface area contributed by atoms with Crippen LogP contribution in [0, 0.1) is 12.8 Å². The molecule has 0 spiro atoms. The molecule has 8 heteroatoms. The van der Waals surface area contributed by atoms with Crippen molar-refractivity contribution >= 4 is 11.9 Å². The van der Waals surface area contributed by atoms with Gasteiger partial charge in [-0.3, -0.25) is 4.79 Å². The Bertz CT molecular complexity index is 726. The normalized spacial score (nSPS) is 13.1. The minimum Gasteiger partial charge on any atom is -0.467 e. The standard InChI is InChI=1S/C17H23N5O3/c1-5-12(3)15(17(24)25-4)18-14(23)10-22-20-16(19-21-22)13-8-6-11(2)7-9-13/h6-9,12,15H,5,10H2,1-4H3,(H,18,23). The van der Waals surface area contributed by atoms with Crippen LogP contribution in [0.5, 0.6) is 0 Å². The molecule has 1 aromatic carbocycles. The number of ether oxygens (including phenoxy) is 1. The predicted molar refractivity (Wildman–Crippen MR) is 91.4 cm³/mol. The van der Waals surface area contributed by atoms with Gasteiger partial charge < -0.3 is 10.1 Å². The van der Waals surface area contributed by atoms with Gasteiger partial charge in [-0.1, -0.05) is 50.1 Å². The van der Waals surface area contributed by atoms with E-state index in [0.29, 0.717) is 5.82 Å². The lowest BCUT2D eigenvalue weighted by Gasteiger charge is -2.21. The van der Waals surface area contributed by atoms with Gasteiger partial charge in [0.15, 0.2) is 0 Å². The lowest BCUT2D eigenvalue weighted by molar-refractivity contribution is -0.146.